The summed E-state index contributed by atoms with van der Waals surface area (Å²) < 4.78 is 5.64. The van der Waals surface area contributed by atoms with Gasteiger partial charge in [0.25, 0.3) is 0 Å². The highest BCUT2D eigenvalue weighted by molar-refractivity contribution is 5.88. The predicted octanol–water partition coefficient (Wildman–Crippen LogP) is 2.53. The Balaban J connectivity index is 1.69. The van der Waals surface area contributed by atoms with Gasteiger partial charge in [-0.15, -0.1) is 0 Å². The first-order valence-electron chi connectivity index (χ1n) is 8.76. The molecule has 1 heterocycles. The van der Waals surface area contributed by atoms with Gasteiger partial charge in [0.2, 0.25) is 11.8 Å². The second-order valence-electron chi connectivity index (χ2n) is 6.65. The molecule has 2 rings (SSSR count). The number of carbonyl (C=O) groups is 2. The third-order valence-electron chi connectivity index (χ3n) is 4.24. The molecule has 0 saturated carbocycles. The zero-order valence-corrected chi connectivity index (χ0v) is 14.9. The smallest absolute Gasteiger partial charge is 0.242 e. The van der Waals surface area contributed by atoms with E-state index in [1.54, 1.807) is 4.90 Å². The lowest BCUT2D eigenvalue weighted by Gasteiger charge is -2.25. The summed E-state index contributed by atoms with van der Waals surface area (Å²) in [6.45, 7) is 7.59. The van der Waals surface area contributed by atoms with Crippen molar-refractivity contribution < 1.29 is 14.3 Å². The first kappa shape index (κ1) is 18.3. The largest absolute Gasteiger partial charge is 0.494 e. The molecule has 0 aromatic heterocycles. The lowest BCUT2D eigenvalue weighted by Crippen LogP contribution is -2.47. The van der Waals surface area contributed by atoms with E-state index in [0.29, 0.717) is 19.7 Å². The van der Waals surface area contributed by atoms with Crippen LogP contribution in [0, 0.1) is 12.8 Å². The maximum absolute atomic E-state index is 12.3. The minimum atomic E-state index is -0.307. The van der Waals surface area contributed by atoms with Gasteiger partial charge in [-0.1, -0.05) is 31.5 Å². The summed E-state index contributed by atoms with van der Waals surface area (Å²) in [7, 11) is 0. The normalized spacial score (nSPS) is 17.2. The van der Waals surface area contributed by atoms with Crippen molar-refractivity contribution in [1.29, 1.82) is 0 Å². The van der Waals surface area contributed by atoms with E-state index in [2.05, 4.69) is 5.32 Å². The van der Waals surface area contributed by atoms with Gasteiger partial charge >= 0.3 is 0 Å². The summed E-state index contributed by atoms with van der Waals surface area (Å²) in [6, 6.07) is 7.61. The summed E-state index contributed by atoms with van der Waals surface area (Å²) in [6.07, 6.45) is 2.39. The average molecular weight is 332 g/mol. The highest BCUT2D eigenvalue weighted by atomic mass is 16.5. The van der Waals surface area contributed by atoms with Crippen molar-refractivity contribution in [2.75, 3.05) is 19.7 Å². The number of likely N-dealkylation sites (tertiary alicyclic amines) is 1. The van der Waals surface area contributed by atoms with E-state index in [0.717, 1.165) is 25.0 Å². The van der Waals surface area contributed by atoms with Gasteiger partial charge < -0.3 is 15.0 Å². The molecule has 5 heteroatoms. The zero-order valence-electron chi connectivity index (χ0n) is 14.9. The number of hydrogen-bond acceptors (Lipinski definition) is 3. The summed E-state index contributed by atoms with van der Waals surface area (Å²) in [5.74, 6) is 0.796. The molecule has 1 saturated heterocycles. The molecule has 1 atom stereocenters. The van der Waals surface area contributed by atoms with Gasteiger partial charge in [0.05, 0.1) is 6.61 Å². The number of aryl methyl sites for hydroxylation is 1. The molecule has 0 bridgehead atoms. The fourth-order valence-corrected chi connectivity index (χ4v) is 2.86. The van der Waals surface area contributed by atoms with E-state index in [1.807, 2.05) is 45.0 Å². The van der Waals surface area contributed by atoms with Gasteiger partial charge in [-0.3, -0.25) is 9.59 Å². The monoisotopic (exact) mass is 332 g/mol. The van der Waals surface area contributed by atoms with Crippen LogP contribution in [0.5, 0.6) is 5.75 Å². The van der Waals surface area contributed by atoms with Crippen LogP contribution in [0.3, 0.4) is 0 Å². The number of nitrogens with zero attached hydrogens (tertiary/aromatic N) is 1. The molecular weight excluding hydrogens is 304 g/mol. The molecule has 0 aliphatic carbocycles. The molecule has 24 heavy (non-hydrogen) atoms. The molecule has 1 aliphatic heterocycles. The van der Waals surface area contributed by atoms with Crippen LogP contribution >= 0.6 is 0 Å². The Morgan fingerprint density at radius 1 is 1.29 bits per heavy atom. The Labute approximate surface area is 144 Å². The van der Waals surface area contributed by atoms with Crippen molar-refractivity contribution >= 4 is 11.8 Å². The Bertz CT molecular complexity index is 554. The number of amides is 2. The van der Waals surface area contributed by atoms with Gasteiger partial charge in [0, 0.05) is 19.0 Å². The molecule has 1 aromatic rings. The Morgan fingerprint density at radius 2 is 2.00 bits per heavy atom. The van der Waals surface area contributed by atoms with Crippen molar-refractivity contribution in [2.45, 2.75) is 46.1 Å². The first-order valence-corrected chi connectivity index (χ1v) is 8.76. The summed E-state index contributed by atoms with van der Waals surface area (Å²) in [4.78, 5) is 26.2. The maximum Gasteiger partial charge on any atom is 0.242 e. The van der Waals surface area contributed by atoms with Crippen molar-refractivity contribution in [3.8, 4) is 5.75 Å². The van der Waals surface area contributed by atoms with Gasteiger partial charge in [-0.05, 0) is 38.3 Å². The lowest BCUT2D eigenvalue weighted by atomic mass is 10.1. The van der Waals surface area contributed by atoms with Crippen LogP contribution in [0.25, 0.3) is 0 Å². The molecule has 132 valence electrons. The lowest BCUT2D eigenvalue weighted by molar-refractivity contribution is -0.140. The van der Waals surface area contributed by atoms with Crippen LogP contribution in [0.15, 0.2) is 24.3 Å². The molecule has 1 aromatic carbocycles. The number of nitrogens with one attached hydrogen (secondary N) is 1. The highest BCUT2D eigenvalue weighted by Crippen LogP contribution is 2.19. The maximum atomic E-state index is 12.3. The van der Waals surface area contributed by atoms with Crippen LogP contribution in [0.1, 0.15) is 38.7 Å². The predicted molar refractivity (Wildman–Crippen MR) is 93.9 cm³/mol. The number of ether oxygens (including phenoxy) is 1. The van der Waals surface area contributed by atoms with E-state index in [9.17, 15) is 9.59 Å². The van der Waals surface area contributed by atoms with Gasteiger partial charge in [-0.2, -0.15) is 0 Å². The molecule has 1 unspecified atom stereocenters. The number of carbonyl (C=O) groups excluding carboxylic acids is 2. The van der Waals surface area contributed by atoms with Crippen LogP contribution in [0.4, 0.5) is 0 Å². The second kappa shape index (κ2) is 8.71. The Hall–Kier alpha value is -2.04. The summed E-state index contributed by atoms with van der Waals surface area (Å²) >= 11 is 0. The van der Waals surface area contributed by atoms with E-state index >= 15 is 0 Å². The number of rotatable bonds is 7. The quantitative estimate of drug-likeness (QED) is 0.781. The molecule has 0 radical (unpaired) electrons. The molecule has 5 nitrogen and oxygen atoms in total. The van der Waals surface area contributed by atoms with E-state index < -0.39 is 0 Å². The van der Waals surface area contributed by atoms with Crippen LogP contribution in [0.2, 0.25) is 0 Å². The van der Waals surface area contributed by atoms with Gasteiger partial charge in [-0.25, -0.2) is 0 Å². The SMILES string of the molecule is Cc1ccc(OCCCNC(=O)C2CCCN2C(=O)C(C)C)cc1. The first-order chi connectivity index (χ1) is 11.5. The Morgan fingerprint density at radius 3 is 2.67 bits per heavy atom. The average Bonchev–Trinajstić information content (AvgIpc) is 3.04. The number of hydrogen-bond donors (Lipinski definition) is 1. The standard InChI is InChI=1S/C19H28N2O3/c1-14(2)19(23)21-12-4-6-17(21)18(22)20-11-5-13-24-16-9-7-15(3)8-10-16/h7-10,14,17H,4-6,11-13H2,1-3H3,(H,20,22). The van der Waals surface area contributed by atoms with Gasteiger partial charge in [0.1, 0.15) is 11.8 Å². The van der Waals surface area contributed by atoms with Crippen LogP contribution in [-0.2, 0) is 9.59 Å². The summed E-state index contributed by atoms with van der Waals surface area (Å²) in [5.41, 5.74) is 1.20. The van der Waals surface area contributed by atoms with Gasteiger partial charge in [0.15, 0.2) is 0 Å². The minimum absolute atomic E-state index is 0.0446. The van der Waals surface area contributed by atoms with E-state index in [-0.39, 0.29) is 23.8 Å². The third-order valence-corrected chi connectivity index (χ3v) is 4.24. The minimum Gasteiger partial charge on any atom is -0.494 e. The summed E-state index contributed by atoms with van der Waals surface area (Å²) in [5, 5.41) is 2.93. The van der Waals surface area contributed by atoms with Crippen molar-refractivity contribution in [3.63, 3.8) is 0 Å². The fourth-order valence-electron chi connectivity index (χ4n) is 2.86. The second-order valence-corrected chi connectivity index (χ2v) is 6.65. The van der Waals surface area contributed by atoms with Crippen molar-refractivity contribution in [1.82, 2.24) is 10.2 Å². The molecule has 1 fully saturated rings. The van der Waals surface area contributed by atoms with Crippen LogP contribution < -0.4 is 10.1 Å². The molecule has 2 amide bonds. The van der Waals surface area contributed by atoms with Crippen molar-refractivity contribution in [2.24, 2.45) is 5.92 Å². The van der Waals surface area contributed by atoms with E-state index in [4.69, 9.17) is 4.74 Å². The molecule has 1 aliphatic rings. The van der Waals surface area contributed by atoms with E-state index in [1.165, 1.54) is 5.56 Å². The molecular formula is C19H28N2O3. The van der Waals surface area contributed by atoms with Crippen molar-refractivity contribution in [3.05, 3.63) is 29.8 Å². The number of benzene rings is 1. The molecule has 0 spiro atoms. The third kappa shape index (κ3) is 4.98. The van der Waals surface area contributed by atoms with Crippen LogP contribution in [-0.4, -0.2) is 42.5 Å². The fraction of sp³-hybridized carbons (Fsp3) is 0.579. The zero-order chi connectivity index (χ0) is 17.5. The molecule has 1 N–H and O–H groups in total. The highest BCUT2D eigenvalue weighted by Gasteiger charge is 2.34. The topological polar surface area (TPSA) is 58.6 Å². The Kier molecular flexibility index (Phi) is 6.64.